The van der Waals surface area contributed by atoms with Gasteiger partial charge in [0.2, 0.25) is 5.91 Å². The predicted molar refractivity (Wildman–Crippen MR) is 67.7 cm³/mol. The minimum atomic E-state index is 0.263. The van der Waals surface area contributed by atoms with E-state index >= 15 is 0 Å². The summed E-state index contributed by atoms with van der Waals surface area (Å²) in [5, 5.41) is 3.12. The van der Waals surface area contributed by atoms with E-state index in [1.165, 1.54) is 51.4 Å². The van der Waals surface area contributed by atoms with E-state index in [9.17, 15) is 4.79 Å². The Morgan fingerprint density at radius 3 is 2.65 bits per heavy atom. The molecule has 1 heterocycles. The van der Waals surface area contributed by atoms with Gasteiger partial charge in [-0.05, 0) is 51.0 Å². The van der Waals surface area contributed by atoms with Gasteiger partial charge in [-0.1, -0.05) is 12.8 Å². The molecule has 3 aliphatic rings. The maximum atomic E-state index is 11.9. The number of rotatable bonds is 3. The SMILES string of the molecule is O=C(CN1CCCC2CCCCC21)NC1CC1. The van der Waals surface area contributed by atoms with Gasteiger partial charge in [-0.25, -0.2) is 0 Å². The molecule has 0 aromatic carbocycles. The standard InChI is InChI=1S/C14H24N2O/c17-14(15-12-7-8-12)10-16-9-3-5-11-4-1-2-6-13(11)16/h11-13H,1-10H2,(H,15,17). The number of carbonyl (C=O) groups is 1. The van der Waals surface area contributed by atoms with Gasteiger partial charge in [0.05, 0.1) is 6.54 Å². The topological polar surface area (TPSA) is 32.3 Å². The van der Waals surface area contributed by atoms with Crippen molar-refractivity contribution in [3.8, 4) is 0 Å². The summed E-state index contributed by atoms with van der Waals surface area (Å²) in [6.07, 6.45) is 10.6. The highest BCUT2D eigenvalue weighted by molar-refractivity contribution is 5.78. The Balaban J connectivity index is 1.54. The van der Waals surface area contributed by atoms with Crippen molar-refractivity contribution in [3.63, 3.8) is 0 Å². The molecule has 3 fully saturated rings. The molecule has 2 atom stereocenters. The molecular formula is C14H24N2O. The summed E-state index contributed by atoms with van der Waals surface area (Å²) in [5.41, 5.74) is 0. The predicted octanol–water partition coefficient (Wildman–Crippen LogP) is 1.92. The van der Waals surface area contributed by atoms with Gasteiger partial charge < -0.3 is 5.32 Å². The number of hydrogen-bond donors (Lipinski definition) is 1. The van der Waals surface area contributed by atoms with E-state index in [1.54, 1.807) is 0 Å². The van der Waals surface area contributed by atoms with Gasteiger partial charge in [0.15, 0.2) is 0 Å². The van der Waals surface area contributed by atoms with Gasteiger partial charge in [0.1, 0.15) is 0 Å². The zero-order chi connectivity index (χ0) is 11.7. The van der Waals surface area contributed by atoms with Gasteiger partial charge in [-0.3, -0.25) is 9.69 Å². The summed E-state index contributed by atoms with van der Waals surface area (Å²) >= 11 is 0. The summed E-state index contributed by atoms with van der Waals surface area (Å²) in [6.45, 7) is 1.79. The number of hydrogen-bond acceptors (Lipinski definition) is 2. The van der Waals surface area contributed by atoms with Gasteiger partial charge in [0, 0.05) is 12.1 Å². The zero-order valence-electron chi connectivity index (χ0n) is 10.7. The van der Waals surface area contributed by atoms with Crippen LogP contribution in [0.3, 0.4) is 0 Å². The van der Waals surface area contributed by atoms with Crippen molar-refractivity contribution in [3.05, 3.63) is 0 Å². The van der Waals surface area contributed by atoms with Crippen LogP contribution in [0.5, 0.6) is 0 Å². The Morgan fingerprint density at radius 1 is 1.06 bits per heavy atom. The van der Waals surface area contributed by atoms with E-state index in [0.29, 0.717) is 18.6 Å². The van der Waals surface area contributed by atoms with Crippen LogP contribution < -0.4 is 5.32 Å². The summed E-state index contributed by atoms with van der Waals surface area (Å²) < 4.78 is 0. The van der Waals surface area contributed by atoms with E-state index in [2.05, 4.69) is 10.2 Å². The molecule has 1 aliphatic heterocycles. The molecule has 1 amide bonds. The first-order chi connectivity index (χ1) is 8.33. The Kier molecular flexibility index (Phi) is 3.37. The second-order valence-electron chi connectivity index (χ2n) is 6.07. The van der Waals surface area contributed by atoms with Crippen molar-refractivity contribution < 1.29 is 4.79 Å². The number of likely N-dealkylation sites (tertiary alicyclic amines) is 1. The number of piperidine rings is 1. The Bertz CT molecular complexity index is 286. The third-order valence-electron chi connectivity index (χ3n) is 4.65. The van der Waals surface area contributed by atoms with Crippen molar-refractivity contribution in [1.82, 2.24) is 10.2 Å². The van der Waals surface area contributed by atoms with Gasteiger partial charge in [-0.15, -0.1) is 0 Å². The first-order valence-electron chi connectivity index (χ1n) is 7.36. The van der Waals surface area contributed by atoms with E-state index in [4.69, 9.17) is 0 Å². The lowest BCUT2D eigenvalue weighted by Gasteiger charge is -2.43. The van der Waals surface area contributed by atoms with Crippen LogP contribution in [0.4, 0.5) is 0 Å². The Labute approximate surface area is 104 Å². The largest absolute Gasteiger partial charge is 0.352 e. The van der Waals surface area contributed by atoms with Crippen LogP contribution in [0.15, 0.2) is 0 Å². The number of nitrogens with one attached hydrogen (secondary N) is 1. The normalized spacial score (nSPS) is 34.1. The van der Waals surface area contributed by atoms with Crippen LogP contribution in [-0.2, 0) is 4.79 Å². The van der Waals surface area contributed by atoms with Crippen LogP contribution >= 0.6 is 0 Å². The maximum Gasteiger partial charge on any atom is 0.234 e. The number of fused-ring (bicyclic) bond motifs is 1. The second-order valence-corrected chi connectivity index (χ2v) is 6.07. The molecule has 0 aromatic rings. The summed E-state index contributed by atoms with van der Waals surface area (Å²) in [5.74, 6) is 1.14. The highest BCUT2D eigenvalue weighted by Crippen LogP contribution is 2.35. The second kappa shape index (κ2) is 4.97. The van der Waals surface area contributed by atoms with E-state index in [-0.39, 0.29) is 5.91 Å². The van der Waals surface area contributed by atoms with Gasteiger partial charge >= 0.3 is 0 Å². The van der Waals surface area contributed by atoms with Crippen LogP contribution in [0.2, 0.25) is 0 Å². The minimum Gasteiger partial charge on any atom is -0.352 e. The molecule has 1 saturated heterocycles. The van der Waals surface area contributed by atoms with Crippen molar-refractivity contribution in [2.45, 2.75) is 63.5 Å². The van der Waals surface area contributed by atoms with E-state index in [1.807, 2.05) is 0 Å². The van der Waals surface area contributed by atoms with Crippen LogP contribution in [0.1, 0.15) is 51.4 Å². The highest BCUT2D eigenvalue weighted by Gasteiger charge is 2.34. The smallest absolute Gasteiger partial charge is 0.234 e. The number of amides is 1. The first-order valence-corrected chi connectivity index (χ1v) is 7.36. The summed E-state index contributed by atoms with van der Waals surface area (Å²) in [6, 6.07) is 1.22. The number of nitrogens with zero attached hydrogens (tertiary/aromatic N) is 1. The van der Waals surface area contributed by atoms with E-state index < -0.39 is 0 Å². The fourth-order valence-electron chi connectivity index (χ4n) is 3.61. The molecule has 0 radical (unpaired) electrons. The lowest BCUT2D eigenvalue weighted by Crippen LogP contribution is -2.50. The molecular weight excluding hydrogens is 212 g/mol. The Morgan fingerprint density at radius 2 is 1.82 bits per heavy atom. The molecule has 2 saturated carbocycles. The third kappa shape index (κ3) is 2.82. The van der Waals surface area contributed by atoms with Crippen molar-refractivity contribution >= 4 is 5.91 Å². The summed E-state index contributed by atoms with van der Waals surface area (Å²) in [4.78, 5) is 14.3. The molecule has 17 heavy (non-hydrogen) atoms. The van der Waals surface area contributed by atoms with Crippen molar-refractivity contribution in [2.75, 3.05) is 13.1 Å². The van der Waals surface area contributed by atoms with Crippen molar-refractivity contribution in [1.29, 1.82) is 0 Å². The van der Waals surface area contributed by atoms with E-state index in [0.717, 1.165) is 12.5 Å². The maximum absolute atomic E-state index is 11.9. The molecule has 1 N–H and O–H groups in total. The van der Waals surface area contributed by atoms with Gasteiger partial charge in [-0.2, -0.15) is 0 Å². The molecule has 2 aliphatic carbocycles. The lowest BCUT2D eigenvalue weighted by atomic mass is 9.78. The van der Waals surface area contributed by atoms with Crippen LogP contribution in [0, 0.1) is 5.92 Å². The molecule has 0 spiro atoms. The molecule has 0 aromatic heterocycles. The first kappa shape index (κ1) is 11.5. The van der Waals surface area contributed by atoms with Crippen LogP contribution in [-0.4, -0.2) is 36.0 Å². The fourth-order valence-corrected chi connectivity index (χ4v) is 3.61. The molecule has 3 rings (SSSR count). The molecule has 2 unspecified atom stereocenters. The number of carbonyl (C=O) groups excluding carboxylic acids is 1. The van der Waals surface area contributed by atoms with Crippen LogP contribution in [0.25, 0.3) is 0 Å². The minimum absolute atomic E-state index is 0.263. The van der Waals surface area contributed by atoms with Gasteiger partial charge in [0.25, 0.3) is 0 Å². The molecule has 3 nitrogen and oxygen atoms in total. The molecule has 3 heteroatoms. The quantitative estimate of drug-likeness (QED) is 0.812. The fraction of sp³-hybridized carbons (Fsp3) is 0.929. The Hall–Kier alpha value is -0.570. The monoisotopic (exact) mass is 236 g/mol. The third-order valence-corrected chi connectivity index (χ3v) is 4.65. The average Bonchev–Trinajstić information content (AvgIpc) is 3.13. The highest BCUT2D eigenvalue weighted by atomic mass is 16.2. The van der Waals surface area contributed by atoms with Crippen molar-refractivity contribution in [2.24, 2.45) is 5.92 Å². The molecule has 96 valence electrons. The lowest BCUT2D eigenvalue weighted by molar-refractivity contribution is -0.124. The molecule has 0 bridgehead atoms. The average molecular weight is 236 g/mol. The summed E-state index contributed by atoms with van der Waals surface area (Å²) in [7, 11) is 0. The zero-order valence-corrected chi connectivity index (χ0v) is 10.7.